The van der Waals surface area contributed by atoms with Crippen LogP contribution < -0.4 is 0 Å². The molecule has 9 nitrogen and oxygen atoms in total. The molecule has 3 heterocycles. The van der Waals surface area contributed by atoms with Gasteiger partial charge in [-0.3, -0.25) is 14.4 Å². The van der Waals surface area contributed by atoms with Gasteiger partial charge in [0.05, 0.1) is 37.5 Å². The molecule has 0 N–H and O–H groups in total. The standard InChI is InChI=1S/C21H20O9/c22-19(28-12-16-4-1-7-25-16)10-15(21(24)30-14-18-6-3-9-27-18)11-20(23)29-13-17-5-2-8-26-17/h1-9,15H,10-14H2. The first-order chi connectivity index (χ1) is 14.6. The van der Waals surface area contributed by atoms with Gasteiger partial charge >= 0.3 is 17.9 Å². The number of carbonyl (C=O) groups is 3. The van der Waals surface area contributed by atoms with E-state index in [9.17, 15) is 14.4 Å². The molecule has 0 saturated heterocycles. The molecule has 0 radical (unpaired) electrons. The van der Waals surface area contributed by atoms with E-state index in [1.165, 1.54) is 18.8 Å². The lowest BCUT2D eigenvalue weighted by atomic mass is 10.0. The molecular formula is C21H20O9. The monoisotopic (exact) mass is 416 g/mol. The Morgan fingerprint density at radius 1 is 0.667 bits per heavy atom. The minimum atomic E-state index is -1.08. The highest BCUT2D eigenvalue weighted by molar-refractivity contribution is 5.84. The van der Waals surface area contributed by atoms with Gasteiger partial charge in [0.1, 0.15) is 37.1 Å². The maximum atomic E-state index is 12.5. The molecule has 0 fully saturated rings. The van der Waals surface area contributed by atoms with Gasteiger partial charge in [-0.15, -0.1) is 0 Å². The van der Waals surface area contributed by atoms with Gasteiger partial charge < -0.3 is 27.5 Å². The molecule has 0 aliphatic heterocycles. The van der Waals surface area contributed by atoms with Crippen molar-refractivity contribution in [3.8, 4) is 0 Å². The fraction of sp³-hybridized carbons (Fsp3) is 0.286. The predicted octanol–water partition coefficient (Wildman–Crippen LogP) is 3.39. The second-order valence-electron chi connectivity index (χ2n) is 6.27. The van der Waals surface area contributed by atoms with Gasteiger partial charge in [0.25, 0.3) is 0 Å². The largest absolute Gasteiger partial charge is 0.466 e. The van der Waals surface area contributed by atoms with Crippen molar-refractivity contribution in [1.82, 2.24) is 0 Å². The molecule has 0 spiro atoms. The van der Waals surface area contributed by atoms with E-state index < -0.39 is 23.8 Å². The van der Waals surface area contributed by atoms with Crippen LogP contribution in [0.1, 0.15) is 30.1 Å². The van der Waals surface area contributed by atoms with Crippen LogP contribution in [0.5, 0.6) is 0 Å². The molecule has 30 heavy (non-hydrogen) atoms. The van der Waals surface area contributed by atoms with E-state index in [0.717, 1.165) is 0 Å². The SMILES string of the molecule is O=C(CC(CC(=O)OCc1ccco1)C(=O)OCc1ccco1)OCc1ccco1. The number of carbonyl (C=O) groups excluding carboxylic acids is 3. The van der Waals surface area contributed by atoms with E-state index in [-0.39, 0.29) is 32.7 Å². The van der Waals surface area contributed by atoms with Crippen LogP contribution in [0.3, 0.4) is 0 Å². The normalized spacial score (nSPS) is 10.7. The lowest BCUT2D eigenvalue weighted by Gasteiger charge is -2.14. The van der Waals surface area contributed by atoms with Gasteiger partial charge in [-0.25, -0.2) is 0 Å². The topological polar surface area (TPSA) is 118 Å². The number of rotatable bonds is 11. The summed E-state index contributed by atoms with van der Waals surface area (Å²) in [5.41, 5.74) is 0. The number of hydrogen-bond acceptors (Lipinski definition) is 9. The summed E-state index contributed by atoms with van der Waals surface area (Å²) >= 11 is 0. The average molecular weight is 416 g/mol. The quantitative estimate of drug-likeness (QED) is 0.342. The molecule has 3 aromatic heterocycles. The van der Waals surface area contributed by atoms with Crippen LogP contribution in [0.15, 0.2) is 68.4 Å². The van der Waals surface area contributed by atoms with Gasteiger partial charge in [0, 0.05) is 0 Å². The second-order valence-corrected chi connectivity index (χ2v) is 6.27. The van der Waals surface area contributed by atoms with Gasteiger partial charge in [0.2, 0.25) is 0 Å². The fourth-order valence-electron chi connectivity index (χ4n) is 2.51. The first kappa shape index (κ1) is 21.0. The molecule has 3 rings (SSSR count). The van der Waals surface area contributed by atoms with Crippen molar-refractivity contribution in [2.75, 3.05) is 0 Å². The highest BCUT2D eigenvalue weighted by Gasteiger charge is 2.28. The fourth-order valence-corrected chi connectivity index (χ4v) is 2.51. The third-order valence-corrected chi connectivity index (χ3v) is 4.01. The molecule has 0 aliphatic carbocycles. The molecule has 0 amide bonds. The third-order valence-electron chi connectivity index (χ3n) is 4.01. The Balaban J connectivity index is 1.53. The molecule has 3 aromatic rings. The van der Waals surface area contributed by atoms with Crippen molar-refractivity contribution in [2.24, 2.45) is 5.92 Å². The van der Waals surface area contributed by atoms with Crippen LogP contribution in [-0.2, 0) is 48.4 Å². The van der Waals surface area contributed by atoms with Crippen LogP contribution >= 0.6 is 0 Å². The summed E-state index contributed by atoms with van der Waals surface area (Å²) in [6, 6.07) is 9.90. The van der Waals surface area contributed by atoms with Crippen LogP contribution in [0.25, 0.3) is 0 Å². The maximum absolute atomic E-state index is 12.5. The Morgan fingerprint density at radius 2 is 1.07 bits per heavy atom. The highest BCUT2D eigenvalue weighted by Crippen LogP contribution is 2.17. The van der Waals surface area contributed by atoms with Crippen LogP contribution in [0.2, 0.25) is 0 Å². The number of ether oxygens (including phenoxy) is 3. The van der Waals surface area contributed by atoms with Crippen molar-refractivity contribution in [1.29, 1.82) is 0 Å². The number of esters is 3. The zero-order valence-corrected chi connectivity index (χ0v) is 16.0. The Kier molecular flexibility index (Phi) is 7.48. The summed E-state index contributed by atoms with van der Waals surface area (Å²) in [6.45, 7) is -0.281. The molecule has 0 atom stereocenters. The first-order valence-electron chi connectivity index (χ1n) is 9.15. The summed E-state index contributed by atoms with van der Waals surface area (Å²) in [7, 11) is 0. The van der Waals surface area contributed by atoms with E-state index in [1.807, 2.05) is 0 Å². The summed E-state index contributed by atoms with van der Waals surface area (Å²) in [5.74, 6) is -1.82. The Bertz CT molecular complexity index is 856. The summed E-state index contributed by atoms with van der Waals surface area (Å²) in [5, 5.41) is 0. The predicted molar refractivity (Wildman–Crippen MR) is 98.2 cm³/mol. The smallest absolute Gasteiger partial charge is 0.310 e. The van der Waals surface area contributed by atoms with E-state index in [0.29, 0.717) is 17.3 Å². The molecule has 0 aliphatic rings. The lowest BCUT2D eigenvalue weighted by molar-refractivity contribution is -0.161. The van der Waals surface area contributed by atoms with Gasteiger partial charge in [-0.05, 0) is 36.4 Å². The third kappa shape index (κ3) is 6.69. The zero-order chi connectivity index (χ0) is 21.2. The Labute approximate surface area is 171 Å². The molecule has 158 valence electrons. The van der Waals surface area contributed by atoms with Gasteiger partial charge in [-0.1, -0.05) is 0 Å². The minimum Gasteiger partial charge on any atom is -0.466 e. The molecule has 0 aromatic carbocycles. The van der Waals surface area contributed by atoms with Gasteiger partial charge in [0.15, 0.2) is 0 Å². The molecule has 0 saturated carbocycles. The molecule has 0 unspecified atom stereocenters. The maximum Gasteiger partial charge on any atom is 0.310 e. The highest BCUT2D eigenvalue weighted by atomic mass is 16.6. The minimum absolute atomic E-state index is 0.0804. The molecule has 0 bridgehead atoms. The Morgan fingerprint density at radius 3 is 1.43 bits per heavy atom. The Hall–Kier alpha value is -3.75. The summed E-state index contributed by atoms with van der Waals surface area (Å²) in [6.07, 6.45) is 3.64. The van der Waals surface area contributed by atoms with Crippen LogP contribution in [-0.4, -0.2) is 17.9 Å². The van der Waals surface area contributed by atoms with E-state index in [2.05, 4.69) is 0 Å². The van der Waals surface area contributed by atoms with Crippen molar-refractivity contribution in [2.45, 2.75) is 32.7 Å². The van der Waals surface area contributed by atoms with E-state index in [1.54, 1.807) is 36.4 Å². The summed E-state index contributed by atoms with van der Waals surface area (Å²) < 4.78 is 30.6. The number of furan rings is 3. The van der Waals surface area contributed by atoms with Crippen LogP contribution in [0.4, 0.5) is 0 Å². The van der Waals surface area contributed by atoms with E-state index >= 15 is 0 Å². The lowest BCUT2D eigenvalue weighted by Crippen LogP contribution is -2.25. The second kappa shape index (κ2) is 10.7. The number of hydrogen-bond donors (Lipinski definition) is 0. The molecular weight excluding hydrogens is 396 g/mol. The van der Waals surface area contributed by atoms with E-state index in [4.69, 9.17) is 27.5 Å². The van der Waals surface area contributed by atoms with Crippen molar-refractivity contribution >= 4 is 17.9 Å². The van der Waals surface area contributed by atoms with Crippen LogP contribution in [0, 0.1) is 5.92 Å². The van der Waals surface area contributed by atoms with Crippen molar-refractivity contribution < 1.29 is 41.8 Å². The van der Waals surface area contributed by atoms with Crippen molar-refractivity contribution in [3.63, 3.8) is 0 Å². The van der Waals surface area contributed by atoms with Gasteiger partial charge in [-0.2, -0.15) is 0 Å². The summed E-state index contributed by atoms with van der Waals surface area (Å²) in [4.78, 5) is 36.8. The first-order valence-corrected chi connectivity index (χ1v) is 9.15. The zero-order valence-electron chi connectivity index (χ0n) is 16.0. The average Bonchev–Trinajstić information content (AvgIpc) is 3.51. The van der Waals surface area contributed by atoms with Crippen molar-refractivity contribution in [3.05, 3.63) is 72.5 Å². The molecule has 9 heteroatoms.